The molecule has 6 rings (SSSR count). The molecule has 182 valence electrons. The van der Waals surface area contributed by atoms with Crippen LogP contribution in [-0.2, 0) is 0 Å². The summed E-state index contributed by atoms with van der Waals surface area (Å²) in [6, 6.07) is 54.4. The standard InChI is InChI=1S/C34H26N3P/c1-5-15-27(16-6-1)37(28-17-7-2-8-18-28)33-25-13-23-31(35-33)32-24-14-26-34(36-32)38(29-19-9-3-10-20-29)30-21-11-4-12-22-30/h1-26H. The smallest absolute Gasteiger partial charge is 0.138 e. The number of rotatable bonds is 7. The molecular formula is C34H26N3P. The highest BCUT2D eigenvalue weighted by atomic mass is 31.1. The quantitative estimate of drug-likeness (QED) is 0.211. The molecule has 0 aliphatic carbocycles. The second kappa shape index (κ2) is 11.2. The molecule has 2 aromatic heterocycles. The summed E-state index contributed by atoms with van der Waals surface area (Å²) in [6.07, 6.45) is 0. The van der Waals surface area contributed by atoms with Crippen LogP contribution in [0, 0.1) is 0 Å². The lowest BCUT2D eigenvalue weighted by atomic mass is 10.2. The van der Waals surface area contributed by atoms with Gasteiger partial charge in [-0.3, -0.25) is 4.90 Å². The van der Waals surface area contributed by atoms with Gasteiger partial charge >= 0.3 is 0 Å². The van der Waals surface area contributed by atoms with Crippen LogP contribution in [0.5, 0.6) is 0 Å². The van der Waals surface area contributed by atoms with Crippen LogP contribution in [-0.4, -0.2) is 9.97 Å². The molecule has 0 aliphatic heterocycles. The molecule has 4 aromatic carbocycles. The van der Waals surface area contributed by atoms with Crippen molar-refractivity contribution in [2.45, 2.75) is 0 Å². The Morgan fingerprint density at radius 3 is 1.37 bits per heavy atom. The van der Waals surface area contributed by atoms with Gasteiger partial charge in [0.2, 0.25) is 0 Å². The highest BCUT2D eigenvalue weighted by Gasteiger charge is 2.19. The molecule has 6 aromatic rings. The first-order valence-electron chi connectivity index (χ1n) is 12.6. The Labute approximate surface area is 224 Å². The fourth-order valence-electron chi connectivity index (χ4n) is 4.52. The van der Waals surface area contributed by atoms with Gasteiger partial charge < -0.3 is 0 Å². The molecule has 0 unspecified atom stereocenters. The maximum Gasteiger partial charge on any atom is 0.138 e. The lowest BCUT2D eigenvalue weighted by Gasteiger charge is -2.24. The highest BCUT2D eigenvalue weighted by molar-refractivity contribution is 7.79. The van der Waals surface area contributed by atoms with Crippen LogP contribution < -0.4 is 20.9 Å². The monoisotopic (exact) mass is 507 g/mol. The molecule has 0 radical (unpaired) electrons. The van der Waals surface area contributed by atoms with Crippen molar-refractivity contribution in [3.8, 4) is 11.4 Å². The Morgan fingerprint density at radius 1 is 0.395 bits per heavy atom. The molecule has 0 fully saturated rings. The normalized spacial score (nSPS) is 10.9. The Morgan fingerprint density at radius 2 is 0.842 bits per heavy atom. The van der Waals surface area contributed by atoms with Gasteiger partial charge in [-0.1, -0.05) is 109 Å². The predicted octanol–water partition coefficient (Wildman–Crippen LogP) is 7.37. The van der Waals surface area contributed by atoms with Gasteiger partial charge in [-0.25, -0.2) is 9.97 Å². The molecule has 4 heteroatoms. The Bertz CT molecular complexity index is 1400. The second-order valence-electron chi connectivity index (χ2n) is 8.78. The van der Waals surface area contributed by atoms with Crippen LogP contribution in [0.3, 0.4) is 0 Å². The fraction of sp³-hybridized carbons (Fsp3) is 0. The third-order valence-corrected chi connectivity index (χ3v) is 8.58. The van der Waals surface area contributed by atoms with E-state index in [1.807, 2.05) is 24.3 Å². The minimum absolute atomic E-state index is 0.794. The number of nitrogens with zero attached hydrogens (tertiary/aromatic N) is 3. The number of pyridine rings is 2. The molecule has 38 heavy (non-hydrogen) atoms. The lowest BCUT2D eigenvalue weighted by Crippen LogP contribution is -2.23. The first kappa shape index (κ1) is 23.8. The van der Waals surface area contributed by atoms with Crippen molar-refractivity contribution in [3.05, 3.63) is 158 Å². The number of hydrogen-bond donors (Lipinski definition) is 0. The summed E-state index contributed by atoms with van der Waals surface area (Å²) in [6.45, 7) is 0. The molecule has 3 nitrogen and oxygen atoms in total. The topological polar surface area (TPSA) is 29.0 Å². The van der Waals surface area contributed by atoms with E-state index >= 15 is 0 Å². The van der Waals surface area contributed by atoms with Crippen LogP contribution >= 0.6 is 7.92 Å². The van der Waals surface area contributed by atoms with E-state index in [4.69, 9.17) is 9.97 Å². The number of hydrogen-bond acceptors (Lipinski definition) is 3. The average molecular weight is 508 g/mol. The van der Waals surface area contributed by atoms with Gasteiger partial charge in [0, 0.05) is 19.3 Å². The van der Waals surface area contributed by atoms with Gasteiger partial charge in [0.15, 0.2) is 0 Å². The van der Waals surface area contributed by atoms with Crippen LogP contribution in [0.4, 0.5) is 17.2 Å². The van der Waals surface area contributed by atoms with Gasteiger partial charge in [-0.2, -0.15) is 0 Å². The molecule has 0 saturated carbocycles. The number of benzene rings is 4. The van der Waals surface area contributed by atoms with E-state index < -0.39 is 7.92 Å². The van der Waals surface area contributed by atoms with Gasteiger partial charge in [-0.05, 0) is 59.1 Å². The van der Waals surface area contributed by atoms with Crippen molar-refractivity contribution in [1.29, 1.82) is 0 Å². The second-order valence-corrected chi connectivity index (χ2v) is 10.9. The van der Waals surface area contributed by atoms with Crippen molar-refractivity contribution >= 4 is 41.2 Å². The van der Waals surface area contributed by atoms with Crippen molar-refractivity contribution < 1.29 is 0 Å². The molecule has 0 bridgehead atoms. The summed E-state index contributed by atoms with van der Waals surface area (Å²) in [5, 5.41) is 2.55. The fourth-order valence-corrected chi connectivity index (χ4v) is 6.73. The van der Waals surface area contributed by atoms with Crippen LogP contribution in [0.25, 0.3) is 11.4 Å². The van der Waals surface area contributed by atoms with Gasteiger partial charge in [0.25, 0.3) is 0 Å². The highest BCUT2D eigenvalue weighted by Crippen LogP contribution is 2.35. The first-order valence-corrected chi connectivity index (χ1v) is 14.0. The predicted molar refractivity (Wildman–Crippen MR) is 161 cm³/mol. The summed E-state index contributed by atoms with van der Waals surface area (Å²) >= 11 is 0. The molecule has 0 N–H and O–H groups in total. The summed E-state index contributed by atoms with van der Waals surface area (Å²) in [4.78, 5) is 12.5. The summed E-state index contributed by atoms with van der Waals surface area (Å²) in [5.74, 6) is 0.848. The lowest BCUT2D eigenvalue weighted by molar-refractivity contribution is 1.17. The minimum atomic E-state index is -0.794. The van der Waals surface area contributed by atoms with Crippen molar-refractivity contribution in [3.63, 3.8) is 0 Å². The third-order valence-electron chi connectivity index (χ3n) is 6.25. The molecule has 0 spiro atoms. The van der Waals surface area contributed by atoms with E-state index in [2.05, 4.69) is 138 Å². The number of para-hydroxylation sites is 2. The zero-order valence-corrected chi connectivity index (χ0v) is 21.7. The molecule has 0 aliphatic rings. The van der Waals surface area contributed by atoms with Crippen LogP contribution in [0.15, 0.2) is 158 Å². The largest absolute Gasteiger partial charge is 0.295 e. The zero-order valence-electron chi connectivity index (χ0n) is 20.8. The number of aromatic nitrogens is 2. The molecule has 0 saturated heterocycles. The van der Waals surface area contributed by atoms with Gasteiger partial charge in [-0.15, -0.1) is 0 Å². The minimum Gasteiger partial charge on any atom is -0.295 e. The van der Waals surface area contributed by atoms with Gasteiger partial charge in [0.1, 0.15) is 5.82 Å². The van der Waals surface area contributed by atoms with Crippen molar-refractivity contribution in [2.24, 2.45) is 0 Å². The molecular weight excluding hydrogens is 481 g/mol. The number of anilines is 3. The average Bonchev–Trinajstić information content (AvgIpc) is 3.00. The van der Waals surface area contributed by atoms with E-state index in [0.717, 1.165) is 34.0 Å². The van der Waals surface area contributed by atoms with E-state index in [1.54, 1.807) is 0 Å². The molecule has 0 atom stereocenters. The van der Waals surface area contributed by atoms with Crippen LogP contribution in [0.1, 0.15) is 0 Å². The summed E-state index contributed by atoms with van der Waals surface area (Å²) < 4.78 is 0. The Hall–Kier alpha value is -4.59. The van der Waals surface area contributed by atoms with E-state index in [9.17, 15) is 0 Å². The van der Waals surface area contributed by atoms with E-state index in [-0.39, 0.29) is 0 Å². The maximum atomic E-state index is 5.19. The SMILES string of the molecule is c1ccc(N(c2ccccc2)c2cccc(-c3cccc(P(c4ccccc4)c4ccccc4)n3)n2)cc1. The van der Waals surface area contributed by atoms with Crippen LogP contribution in [0.2, 0.25) is 0 Å². The summed E-state index contributed by atoms with van der Waals surface area (Å²) in [5.41, 5.74) is 4.88. The molecule has 2 heterocycles. The summed E-state index contributed by atoms with van der Waals surface area (Å²) in [7, 11) is -0.794. The first-order chi connectivity index (χ1) is 18.9. The van der Waals surface area contributed by atoms with E-state index in [1.165, 1.54) is 10.6 Å². The third kappa shape index (κ3) is 5.11. The van der Waals surface area contributed by atoms with Crippen molar-refractivity contribution in [1.82, 2.24) is 9.97 Å². The molecule has 0 amide bonds. The Balaban J connectivity index is 1.43. The van der Waals surface area contributed by atoms with Gasteiger partial charge in [0.05, 0.1) is 16.8 Å². The zero-order chi connectivity index (χ0) is 25.6. The Kier molecular flexibility index (Phi) is 7.02. The van der Waals surface area contributed by atoms with E-state index in [0.29, 0.717) is 0 Å². The maximum absolute atomic E-state index is 5.19. The van der Waals surface area contributed by atoms with Crippen molar-refractivity contribution in [2.75, 3.05) is 4.90 Å².